The third-order valence-electron chi connectivity index (χ3n) is 5.27. The van der Waals surface area contributed by atoms with Gasteiger partial charge in [0, 0.05) is 46.0 Å². The van der Waals surface area contributed by atoms with Gasteiger partial charge in [-0.2, -0.15) is 0 Å². The molecular formula is C20H39IN4O3. The number of nitrogens with one attached hydrogen (secondary N) is 2. The molecule has 0 aromatic carbocycles. The second-order valence-corrected chi connectivity index (χ2v) is 7.48. The Kier molecular flexibility index (Phi) is 13.9. The molecule has 7 nitrogen and oxygen atoms in total. The molecule has 1 heterocycles. The van der Waals surface area contributed by atoms with E-state index in [9.17, 15) is 4.79 Å². The largest absolute Gasteiger partial charge is 0.385 e. The predicted octanol–water partition coefficient (Wildman–Crippen LogP) is 2.54. The van der Waals surface area contributed by atoms with Gasteiger partial charge in [0.05, 0.1) is 6.10 Å². The van der Waals surface area contributed by atoms with Gasteiger partial charge in [-0.05, 0) is 39.0 Å². The number of carbonyl (C=O) groups is 1. The van der Waals surface area contributed by atoms with Crippen LogP contribution in [0.25, 0.3) is 0 Å². The van der Waals surface area contributed by atoms with Crippen molar-refractivity contribution in [3.8, 4) is 0 Å². The molecule has 0 aromatic heterocycles. The van der Waals surface area contributed by atoms with E-state index in [1.54, 1.807) is 7.11 Å². The van der Waals surface area contributed by atoms with Crippen LogP contribution in [0.3, 0.4) is 0 Å². The van der Waals surface area contributed by atoms with Crippen LogP contribution in [0.15, 0.2) is 4.99 Å². The van der Waals surface area contributed by atoms with Crippen LogP contribution >= 0.6 is 24.0 Å². The Morgan fingerprint density at radius 1 is 1.11 bits per heavy atom. The number of piperidine rings is 1. The summed E-state index contributed by atoms with van der Waals surface area (Å²) >= 11 is 0. The number of carbonyl (C=O) groups excluding carboxylic acids is 1. The van der Waals surface area contributed by atoms with Gasteiger partial charge in [0.25, 0.3) is 0 Å². The highest BCUT2D eigenvalue weighted by Crippen LogP contribution is 2.17. The third kappa shape index (κ3) is 9.73. The molecule has 28 heavy (non-hydrogen) atoms. The molecule has 2 N–H and O–H groups in total. The summed E-state index contributed by atoms with van der Waals surface area (Å²) in [5, 5.41) is 6.46. The fourth-order valence-corrected chi connectivity index (χ4v) is 3.78. The second kappa shape index (κ2) is 15.3. The maximum Gasteiger partial charge on any atom is 0.242 e. The molecule has 1 saturated carbocycles. The average molecular weight is 510 g/mol. The summed E-state index contributed by atoms with van der Waals surface area (Å²) in [5.41, 5.74) is 0. The van der Waals surface area contributed by atoms with Gasteiger partial charge in [-0.15, -0.1) is 24.0 Å². The zero-order chi connectivity index (χ0) is 19.3. The molecule has 2 aliphatic rings. The molecule has 1 saturated heterocycles. The fourth-order valence-electron chi connectivity index (χ4n) is 3.78. The smallest absolute Gasteiger partial charge is 0.242 e. The van der Waals surface area contributed by atoms with Crippen molar-refractivity contribution in [1.29, 1.82) is 0 Å². The van der Waals surface area contributed by atoms with Gasteiger partial charge < -0.3 is 25.0 Å². The first-order valence-corrected chi connectivity index (χ1v) is 10.7. The summed E-state index contributed by atoms with van der Waals surface area (Å²) in [6, 6.07) is 0.343. The lowest BCUT2D eigenvalue weighted by Crippen LogP contribution is -2.47. The SMILES string of the molecule is CCNC(=NCC(=O)NC1CCCCC1)N1CCC(OCCCOC)CC1.I. The van der Waals surface area contributed by atoms with E-state index in [0.29, 0.717) is 12.1 Å². The number of hydrogen-bond acceptors (Lipinski definition) is 4. The molecule has 8 heteroatoms. The zero-order valence-corrected chi connectivity index (χ0v) is 19.9. The van der Waals surface area contributed by atoms with E-state index < -0.39 is 0 Å². The van der Waals surface area contributed by atoms with Crippen LogP contribution in [0.5, 0.6) is 0 Å². The molecule has 2 rings (SSSR count). The van der Waals surface area contributed by atoms with Crippen LogP contribution in [0, 0.1) is 0 Å². The summed E-state index contributed by atoms with van der Waals surface area (Å²) in [5.74, 6) is 0.878. The molecule has 0 spiro atoms. The number of aliphatic imine (C=N–C) groups is 1. The van der Waals surface area contributed by atoms with Crippen molar-refractivity contribution in [3.63, 3.8) is 0 Å². The minimum absolute atomic E-state index is 0. The molecule has 0 radical (unpaired) electrons. The molecular weight excluding hydrogens is 471 g/mol. The number of rotatable bonds is 9. The van der Waals surface area contributed by atoms with Gasteiger partial charge >= 0.3 is 0 Å². The maximum atomic E-state index is 12.2. The lowest BCUT2D eigenvalue weighted by atomic mass is 9.95. The topological polar surface area (TPSA) is 75.2 Å². The summed E-state index contributed by atoms with van der Waals surface area (Å²) in [7, 11) is 1.72. The molecule has 1 aliphatic carbocycles. The number of halogens is 1. The van der Waals surface area contributed by atoms with Gasteiger partial charge in [-0.25, -0.2) is 4.99 Å². The van der Waals surface area contributed by atoms with Crippen molar-refractivity contribution in [1.82, 2.24) is 15.5 Å². The molecule has 0 atom stereocenters. The Morgan fingerprint density at radius 3 is 2.46 bits per heavy atom. The van der Waals surface area contributed by atoms with Gasteiger partial charge in [-0.1, -0.05) is 19.3 Å². The molecule has 1 aliphatic heterocycles. The number of amides is 1. The van der Waals surface area contributed by atoms with E-state index in [1.165, 1.54) is 19.3 Å². The van der Waals surface area contributed by atoms with Crippen molar-refractivity contribution < 1.29 is 14.3 Å². The fraction of sp³-hybridized carbons (Fsp3) is 0.900. The average Bonchev–Trinajstić information content (AvgIpc) is 2.70. The molecule has 0 bridgehead atoms. The first-order valence-electron chi connectivity index (χ1n) is 10.7. The number of nitrogens with zero attached hydrogens (tertiary/aromatic N) is 2. The molecule has 1 amide bonds. The summed E-state index contributed by atoms with van der Waals surface area (Å²) < 4.78 is 11.0. The first-order chi connectivity index (χ1) is 13.2. The number of hydrogen-bond donors (Lipinski definition) is 2. The van der Waals surface area contributed by atoms with Crippen molar-refractivity contribution in [2.24, 2.45) is 4.99 Å². The minimum atomic E-state index is 0. The summed E-state index contributed by atoms with van der Waals surface area (Å²) in [4.78, 5) is 19.1. The standard InChI is InChI=1S/C20H38N4O3.HI/c1-3-21-20(22-16-19(25)23-17-8-5-4-6-9-17)24-12-10-18(11-13-24)27-15-7-14-26-2;/h17-18H,3-16H2,1-2H3,(H,21,22)(H,23,25);1H. The van der Waals surface area contributed by atoms with Crippen molar-refractivity contribution >= 4 is 35.8 Å². The van der Waals surface area contributed by atoms with E-state index in [1.807, 2.05) is 0 Å². The zero-order valence-electron chi connectivity index (χ0n) is 17.6. The first kappa shape index (κ1) is 25.4. The Bertz CT molecular complexity index is 451. The van der Waals surface area contributed by atoms with E-state index >= 15 is 0 Å². The monoisotopic (exact) mass is 510 g/mol. The minimum Gasteiger partial charge on any atom is -0.385 e. The van der Waals surface area contributed by atoms with Crippen molar-refractivity contribution in [2.75, 3.05) is 46.5 Å². The Hall–Kier alpha value is -0.610. The normalized spacial score (nSPS) is 19.2. The lowest BCUT2D eigenvalue weighted by molar-refractivity contribution is -0.120. The van der Waals surface area contributed by atoms with Crippen molar-refractivity contribution in [2.45, 2.75) is 70.4 Å². The Balaban J connectivity index is 0.00000392. The summed E-state index contributed by atoms with van der Waals surface area (Å²) in [6.07, 6.45) is 9.19. The van der Waals surface area contributed by atoms with Crippen LogP contribution in [0.4, 0.5) is 0 Å². The number of methoxy groups -OCH3 is 1. The highest BCUT2D eigenvalue weighted by molar-refractivity contribution is 14.0. The molecule has 164 valence electrons. The highest BCUT2D eigenvalue weighted by atomic mass is 127. The van der Waals surface area contributed by atoms with Crippen LogP contribution in [-0.2, 0) is 14.3 Å². The highest BCUT2D eigenvalue weighted by Gasteiger charge is 2.22. The number of ether oxygens (including phenoxy) is 2. The van der Waals surface area contributed by atoms with Crippen molar-refractivity contribution in [3.05, 3.63) is 0 Å². The summed E-state index contributed by atoms with van der Waals surface area (Å²) in [6.45, 7) is 6.38. The van der Waals surface area contributed by atoms with E-state index in [4.69, 9.17) is 9.47 Å². The molecule has 0 aromatic rings. The predicted molar refractivity (Wildman–Crippen MR) is 123 cm³/mol. The molecule has 0 unspecified atom stereocenters. The number of guanidine groups is 1. The maximum absolute atomic E-state index is 12.2. The Labute approximate surface area is 187 Å². The third-order valence-corrected chi connectivity index (χ3v) is 5.27. The van der Waals surface area contributed by atoms with E-state index in [0.717, 1.165) is 70.9 Å². The molecule has 2 fully saturated rings. The van der Waals surface area contributed by atoms with Gasteiger partial charge in [0.15, 0.2) is 5.96 Å². The second-order valence-electron chi connectivity index (χ2n) is 7.48. The van der Waals surface area contributed by atoms with Gasteiger partial charge in [0.1, 0.15) is 6.54 Å². The number of likely N-dealkylation sites (tertiary alicyclic amines) is 1. The van der Waals surface area contributed by atoms with E-state index in [2.05, 4.69) is 27.4 Å². The quantitative estimate of drug-likeness (QED) is 0.216. The van der Waals surface area contributed by atoms with E-state index in [-0.39, 0.29) is 36.4 Å². The van der Waals surface area contributed by atoms with Crippen LogP contribution in [0.1, 0.15) is 58.3 Å². The lowest BCUT2D eigenvalue weighted by Gasteiger charge is -2.34. The van der Waals surface area contributed by atoms with Crippen LogP contribution < -0.4 is 10.6 Å². The Morgan fingerprint density at radius 2 is 1.82 bits per heavy atom. The van der Waals surface area contributed by atoms with Gasteiger partial charge in [-0.3, -0.25) is 4.79 Å². The van der Waals surface area contributed by atoms with Gasteiger partial charge in [0.2, 0.25) is 5.91 Å². The van der Waals surface area contributed by atoms with Crippen LogP contribution in [-0.4, -0.2) is 75.4 Å². The van der Waals surface area contributed by atoms with Crippen LogP contribution in [0.2, 0.25) is 0 Å².